The molecule has 3 heteroatoms. The average molecular weight is 260 g/mol. The smallest absolute Gasteiger partial charge is 0.315 e. The minimum absolute atomic E-state index is 0.0711. The molecule has 2 amide bonds. The highest BCUT2D eigenvalue weighted by Crippen LogP contribution is 2.38. The SMILES string of the molecule is CC(C)(C)NC(=O)NC1(c2ccccc2)CCCC1. The first-order valence-electron chi connectivity index (χ1n) is 7.07. The lowest BCUT2D eigenvalue weighted by atomic mass is 9.88. The van der Waals surface area contributed by atoms with Gasteiger partial charge in [-0.2, -0.15) is 0 Å². The van der Waals surface area contributed by atoms with Gasteiger partial charge in [0.05, 0.1) is 5.54 Å². The number of amides is 2. The third-order valence-corrected chi connectivity index (χ3v) is 3.62. The Hall–Kier alpha value is -1.51. The second-order valence-corrected chi connectivity index (χ2v) is 6.48. The molecule has 0 bridgehead atoms. The van der Waals surface area contributed by atoms with Gasteiger partial charge in [-0.05, 0) is 39.2 Å². The number of urea groups is 1. The van der Waals surface area contributed by atoms with Crippen LogP contribution >= 0.6 is 0 Å². The molecule has 0 heterocycles. The van der Waals surface area contributed by atoms with Crippen LogP contribution in [0.4, 0.5) is 4.79 Å². The zero-order valence-corrected chi connectivity index (χ0v) is 12.1. The summed E-state index contributed by atoms with van der Waals surface area (Å²) in [5.74, 6) is 0. The van der Waals surface area contributed by atoms with Gasteiger partial charge in [0, 0.05) is 5.54 Å². The van der Waals surface area contributed by atoms with Gasteiger partial charge in [0.1, 0.15) is 0 Å². The van der Waals surface area contributed by atoms with E-state index < -0.39 is 0 Å². The summed E-state index contributed by atoms with van der Waals surface area (Å²) in [5, 5.41) is 6.21. The number of carbonyl (C=O) groups is 1. The molecule has 0 aliphatic heterocycles. The van der Waals surface area contributed by atoms with Crippen LogP contribution in [0, 0.1) is 0 Å². The van der Waals surface area contributed by atoms with E-state index in [4.69, 9.17) is 0 Å². The molecule has 0 radical (unpaired) electrons. The Morgan fingerprint density at radius 3 is 2.21 bits per heavy atom. The summed E-state index contributed by atoms with van der Waals surface area (Å²) in [4.78, 5) is 12.2. The van der Waals surface area contributed by atoms with E-state index in [1.54, 1.807) is 0 Å². The Bertz CT molecular complexity index is 428. The molecule has 0 unspecified atom stereocenters. The highest BCUT2D eigenvalue weighted by molar-refractivity contribution is 5.76. The Balaban J connectivity index is 2.15. The predicted molar refractivity (Wildman–Crippen MR) is 78.0 cm³/mol. The van der Waals surface area contributed by atoms with Crippen LogP contribution in [-0.4, -0.2) is 11.6 Å². The van der Waals surface area contributed by atoms with Crippen molar-refractivity contribution in [2.24, 2.45) is 0 Å². The van der Waals surface area contributed by atoms with Crippen LogP contribution < -0.4 is 10.6 Å². The highest BCUT2D eigenvalue weighted by atomic mass is 16.2. The van der Waals surface area contributed by atoms with E-state index in [-0.39, 0.29) is 17.1 Å². The van der Waals surface area contributed by atoms with Crippen molar-refractivity contribution in [1.82, 2.24) is 10.6 Å². The number of hydrogen-bond acceptors (Lipinski definition) is 1. The molecular weight excluding hydrogens is 236 g/mol. The fraction of sp³-hybridized carbons (Fsp3) is 0.562. The molecule has 1 aliphatic rings. The van der Waals surface area contributed by atoms with E-state index in [9.17, 15) is 4.79 Å². The van der Waals surface area contributed by atoms with Crippen molar-refractivity contribution in [3.8, 4) is 0 Å². The molecule has 1 aromatic rings. The molecule has 0 atom stereocenters. The average Bonchev–Trinajstić information content (AvgIpc) is 2.77. The van der Waals surface area contributed by atoms with Crippen molar-refractivity contribution in [3.63, 3.8) is 0 Å². The fourth-order valence-electron chi connectivity index (χ4n) is 2.81. The number of benzene rings is 1. The molecule has 19 heavy (non-hydrogen) atoms. The van der Waals surface area contributed by atoms with E-state index >= 15 is 0 Å². The summed E-state index contributed by atoms with van der Waals surface area (Å²) >= 11 is 0. The number of carbonyl (C=O) groups excluding carboxylic acids is 1. The van der Waals surface area contributed by atoms with Gasteiger partial charge in [-0.15, -0.1) is 0 Å². The van der Waals surface area contributed by atoms with Crippen LogP contribution in [0.25, 0.3) is 0 Å². The molecule has 1 aliphatic carbocycles. The number of nitrogens with one attached hydrogen (secondary N) is 2. The molecule has 1 saturated carbocycles. The lowest BCUT2D eigenvalue weighted by molar-refractivity contribution is 0.216. The lowest BCUT2D eigenvalue weighted by Crippen LogP contribution is -2.53. The van der Waals surface area contributed by atoms with E-state index in [0.29, 0.717) is 0 Å². The van der Waals surface area contributed by atoms with E-state index in [1.807, 2.05) is 39.0 Å². The highest BCUT2D eigenvalue weighted by Gasteiger charge is 2.37. The second-order valence-electron chi connectivity index (χ2n) is 6.48. The van der Waals surface area contributed by atoms with Crippen molar-refractivity contribution in [3.05, 3.63) is 35.9 Å². The number of rotatable bonds is 2. The minimum Gasteiger partial charge on any atom is -0.334 e. The number of hydrogen-bond donors (Lipinski definition) is 2. The molecule has 0 saturated heterocycles. The molecule has 1 aromatic carbocycles. The normalized spacial score (nSPS) is 18.1. The summed E-state index contributed by atoms with van der Waals surface area (Å²) in [6.07, 6.45) is 4.39. The van der Waals surface area contributed by atoms with E-state index in [0.717, 1.165) is 12.8 Å². The van der Waals surface area contributed by atoms with Gasteiger partial charge in [0.2, 0.25) is 0 Å². The van der Waals surface area contributed by atoms with Gasteiger partial charge in [0.25, 0.3) is 0 Å². The van der Waals surface area contributed by atoms with Crippen molar-refractivity contribution in [1.29, 1.82) is 0 Å². The van der Waals surface area contributed by atoms with E-state index in [1.165, 1.54) is 18.4 Å². The maximum atomic E-state index is 12.2. The zero-order chi connectivity index (χ0) is 13.9. The van der Waals surface area contributed by atoms with Crippen molar-refractivity contribution in [2.45, 2.75) is 57.5 Å². The van der Waals surface area contributed by atoms with Crippen molar-refractivity contribution in [2.75, 3.05) is 0 Å². The first-order valence-corrected chi connectivity index (χ1v) is 7.07. The molecule has 1 fully saturated rings. The third kappa shape index (κ3) is 3.49. The molecule has 0 aromatic heterocycles. The topological polar surface area (TPSA) is 41.1 Å². The van der Waals surface area contributed by atoms with Gasteiger partial charge in [-0.1, -0.05) is 43.2 Å². The van der Waals surface area contributed by atoms with Crippen molar-refractivity contribution >= 4 is 6.03 Å². The fourth-order valence-corrected chi connectivity index (χ4v) is 2.81. The largest absolute Gasteiger partial charge is 0.334 e. The van der Waals surface area contributed by atoms with Crippen molar-refractivity contribution < 1.29 is 4.79 Å². The van der Waals surface area contributed by atoms with Crippen LogP contribution in [0.5, 0.6) is 0 Å². The van der Waals surface area contributed by atoms with Crippen LogP contribution in [-0.2, 0) is 5.54 Å². The first-order chi connectivity index (χ1) is 8.91. The first kappa shape index (κ1) is 13.9. The Morgan fingerprint density at radius 2 is 1.68 bits per heavy atom. The van der Waals surface area contributed by atoms with E-state index in [2.05, 4.69) is 22.8 Å². The van der Waals surface area contributed by atoms with Gasteiger partial charge in [-0.25, -0.2) is 4.79 Å². The quantitative estimate of drug-likeness (QED) is 0.839. The van der Waals surface area contributed by atoms with Gasteiger partial charge in [-0.3, -0.25) is 0 Å². The Labute approximate surface area is 115 Å². The third-order valence-electron chi connectivity index (χ3n) is 3.62. The standard InChI is InChI=1S/C16H24N2O/c1-15(2,3)17-14(19)18-16(11-7-8-12-16)13-9-5-4-6-10-13/h4-6,9-10H,7-8,11-12H2,1-3H3,(H2,17,18,19). The zero-order valence-electron chi connectivity index (χ0n) is 12.1. The molecular formula is C16H24N2O. The lowest BCUT2D eigenvalue weighted by Gasteiger charge is -2.33. The molecule has 2 rings (SSSR count). The second kappa shape index (κ2) is 5.24. The van der Waals surface area contributed by atoms with Crippen LogP contribution in [0.1, 0.15) is 52.0 Å². The maximum absolute atomic E-state index is 12.2. The maximum Gasteiger partial charge on any atom is 0.315 e. The predicted octanol–water partition coefficient (Wildman–Crippen LogP) is 3.55. The summed E-state index contributed by atoms with van der Waals surface area (Å²) < 4.78 is 0. The summed E-state index contributed by atoms with van der Waals surface area (Å²) in [6.45, 7) is 5.99. The monoisotopic (exact) mass is 260 g/mol. The summed E-state index contributed by atoms with van der Waals surface area (Å²) in [7, 11) is 0. The van der Waals surface area contributed by atoms with Gasteiger partial charge >= 0.3 is 6.03 Å². The van der Waals surface area contributed by atoms with Gasteiger partial charge in [0.15, 0.2) is 0 Å². The summed E-state index contributed by atoms with van der Waals surface area (Å²) in [5.41, 5.74) is 0.827. The Kier molecular flexibility index (Phi) is 3.83. The summed E-state index contributed by atoms with van der Waals surface area (Å²) in [6, 6.07) is 10.3. The van der Waals surface area contributed by atoms with Crippen LogP contribution in [0.3, 0.4) is 0 Å². The molecule has 0 spiro atoms. The molecule has 2 N–H and O–H groups in total. The van der Waals surface area contributed by atoms with Gasteiger partial charge < -0.3 is 10.6 Å². The van der Waals surface area contributed by atoms with Crippen LogP contribution in [0.2, 0.25) is 0 Å². The molecule has 3 nitrogen and oxygen atoms in total. The van der Waals surface area contributed by atoms with Crippen LogP contribution in [0.15, 0.2) is 30.3 Å². The molecule has 104 valence electrons. The minimum atomic E-state index is -0.208. The Morgan fingerprint density at radius 1 is 1.11 bits per heavy atom.